The average molecular weight is 252 g/mol. The van der Waals surface area contributed by atoms with Gasteiger partial charge in [0, 0.05) is 5.56 Å². The second-order valence-electron chi connectivity index (χ2n) is 2.26. The fourth-order valence-corrected chi connectivity index (χ4v) is 1.38. The molecule has 0 aliphatic heterocycles. The normalized spacial score (nSPS) is 10.0. The molecule has 0 bridgehead atoms. The number of rotatable bonds is 1. The molecule has 0 spiro atoms. The third-order valence-corrected chi connectivity index (χ3v) is 2.84. The first-order valence-corrected chi connectivity index (χ1v) is 4.40. The Balaban J connectivity index is 3.39. The largest absolute Gasteiger partial charge is 0.481 e. The van der Waals surface area contributed by atoms with E-state index >= 15 is 0 Å². The summed E-state index contributed by atoms with van der Waals surface area (Å²) >= 11 is 8.97. The van der Waals surface area contributed by atoms with Gasteiger partial charge in [0.2, 0.25) is 5.88 Å². The Labute approximate surface area is 84.0 Å². The van der Waals surface area contributed by atoms with Crippen molar-refractivity contribution in [3.63, 3.8) is 0 Å². The SMILES string of the molecule is COc1nc(Cl)c(Br)c(N)c1C. The van der Waals surface area contributed by atoms with Gasteiger partial charge in [-0.25, -0.2) is 4.98 Å². The van der Waals surface area contributed by atoms with Crippen LogP contribution in [0.2, 0.25) is 5.15 Å². The van der Waals surface area contributed by atoms with Crippen molar-refractivity contribution in [3.05, 3.63) is 15.2 Å². The minimum absolute atomic E-state index is 0.315. The molecule has 1 heterocycles. The van der Waals surface area contributed by atoms with Crippen molar-refractivity contribution < 1.29 is 4.74 Å². The molecule has 0 aliphatic rings. The number of nitrogens with two attached hydrogens (primary N) is 1. The van der Waals surface area contributed by atoms with E-state index in [1.807, 2.05) is 6.92 Å². The minimum Gasteiger partial charge on any atom is -0.481 e. The zero-order valence-corrected chi connectivity index (χ0v) is 9.03. The molecule has 0 aliphatic carbocycles. The van der Waals surface area contributed by atoms with E-state index in [2.05, 4.69) is 20.9 Å². The van der Waals surface area contributed by atoms with Gasteiger partial charge < -0.3 is 10.5 Å². The average Bonchev–Trinajstić information content (AvgIpc) is 2.08. The number of anilines is 1. The van der Waals surface area contributed by atoms with Crippen LogP contribution in [-0.2, 0) is 0 Å². The summed E-state index contributed by atoms with van der Waals surface area (Å²) in [5.74, 6) is 0.459. The first-order chi connectivity index (χ1) is 5.57. The van der Waals surface area contributed by atoms with E-state index in [1.165, 1.54) is 7.11 Å². The maximum absolute atomic E-state index is 5.75. The predicted molar refractivity (Wildman–Crippen MR) is 52.6 cm³/mol. The third kappa shape index (κ3) is 1.49. The van der Waals surface area contributed by atoms with Gasteiger partial charge in [-0.1, -0.05) is 11.6 Å². The molecule has 0 fully saturated rings. The number of nitrogen functional groups attached to an aromatic ring is 1. The number of methoxy groups -OCH3 is 1. The van der Waals surface area contributed by atoms with Gasteiger partial charge in [0.1, 0.15) is 5.15 Å². The molecular formula is C7H8BrClN2O. The summed E-state index contributed by atoms with van der Waals surface area (Å²) < 4.78 is 5.58. The van der Waals surface area contributed by atoms with Crippen LogP contribution in [0.5, 0.6) is 5.88 Å². The Bertz CT molecular complexity index is 317. The first kappa shape index (κ1) is 9.61. The molecule has 5 heteroatoms. The molecule has 0 unspecified atom stereocenters. The van der Waals surface area contributed by atoms with Gasteiger partial charge in [0.25, 0.3) is 0 Å². The van der Waals surface area contributed by atoms with Gasteiger partial charge in [0.15, 0.2) is 0 Å². The third-order valence-electron chi connectivity index (χ3n) is 1.54. The molecule has 1 rings (SSSR count). The maximum Gasteiger partial charge on any atom is 0.219 e. The minimum atomic E-state index is 0.315. The van der Waals surface area contributed by atoms with Crippen molar-refractivity contribution in [2.75, 3.05) is 12.8 Å². The van der Waals surface area contributed by atoms with E-state index in [0.717, 1.165) is 5.56 Å². The van der Waals surface area contributed by atoms with E-state index < -0.39 is 0 Å². The highest BCUT2D eigenvalue weighted by atomic mass is 79.9. The van der Waals surface area contributed by atoms with E-state index in [-0.39, 0.29) is 0 Å². The van der Waals surface area contributed by atoms with Crippen LogP contribution >= 0.6 is 27.5 Å². The van der Waals surface area contributed by atoms with Crippen molar-refractivity contribution in [2.24, 2.45) is 0 Å². The van der Waals surface area contributed by atoms with Crippen LogP contribution in [0.25, 0.3) is 0 Å². The lowest BCUT2D eigenvalue weighted by atomic mass is 10.2. The Kier molecular flexibility index (Phi) is 2.80. The smallest absolute Gasteiger partial charge is 0.219 e. The second-order valence-corrected chi connectivity index (χ2v) is 3.42. The number of hydrogen-bond acceptors (Lipinski definition) is 3. The van der Waals surface area contributed by atoms with Gasteiger partial charge in [0.05, 0.1) is 17.3 Å². The van der Waals surface area contributed by atoms with Crippen LogP contribution in [0.3, 0.4) is 0 Å². The lowest BCUT2D eigenvalue weighted by molar-refractivity contribution is 0.395. The molecule has 12 heavy (non-hydrogen) atoms. The molecule has 2 N–H and O–H groups in total. The molecule has 3 nitrogen and oxygen atoms in total. The Morgan fingerprint density at radius 3 is 2.67 bits per heavy atom. The zero-order chi connectivity index (χ0) is 9.30. The number of hydrogen-bond donors (Lipinski definition) is 1. The number of nitrogens with zero attached hydrogens (tertiary/aromatic N) is 1. The summed E-state index contributed by atoms with van der Waals surface area (Å²) in [4.78, 5) is 3.97. The van der Waals surface area contributed by atoms with Crippen molar-refractivity contribution in [3.8, 4) is 5.88 Å². The molecule has 0 radical (unpaired) electrons. The van der Waals surface area contributed by atoms with Gasteiger partial charge in [-0.3, -0.25) is 0 Å². The van der Waals surface area contributed by atoms with Crippen molar-refractivity contribution >= 4 is 33.2 Å². The molecule has 0 aromatic carbocycles. The van der Waals surface area contributed by atoms with Crippen LogP contribution in [0.15, 0.2) is 4.47 Å². The Morgan fingerprint density at radius 1 is 1.58 bits per heavy atom. The van der Waals surface area contributed by atoms with Crippen molar-refractivity contribution in [2.45, 2.75) is 6.92 Å². The summed E-state index contributed by atoms with van der Waals surface area (Å²) in [6, 6.07) is 0. The molecule has 66 valence electrons. The molecule has 0 atom stereocenters. The van der Waals surface area contributed by atoms with Crippen LogP contribution < -0.4 is 10.5 Å². The summed E-state index contributed by atoms with van der Waals surface area (Å²) in [6.45, 7) is 1.82. The molecule has 0 saturated heterocycles. The molecule has 1 aromatic heterocycles. The van der Waals surface area contributed by atoms with Crippen LogP contribution in [0.4, 0.5) is 5.69 Å². The topological polar surface area (TPSA) is 48.1 Å². The number of ether oxygens (including phenoxy) is 1. The van der Waals surface area contributed by atoms with Gasteiger partial charge >= 0.3 is 0 Å². The van der Waals surface area contributed by atoms with Gasteiger partial charge in [-0.15, -0.1) is 0 Å². The van der Waals surface area contributed by atoms with Crippen LogP contribution in [0, 0.1) is 6.92 Å². The molecule has 0 amide bonds. The zero-order valence-electron chi connectivity index (χ0n) is 6.69. The fourth-order valence-electron chi connectivity index (χ4n) is 0.812. The summed E-state index contributed by atoms with van der Waals surface area (Å²) in [5, 5.41) is 0.315. The highest BCUT2D eigenvalue weighted by Gasteiger charge is 2.11. The highest BCUT2D eigenvalue weighted by molar-refractivity contribution is 9.10. The van der Waals surface area contributed by atoms with Crippen molar-refractivity contribution in [1.82, 2.24) is 4.98 Å². The number of halogens is 2. The molecule has 1 aromatic rings. The van der Waals surface area contributed by atoms with Crippen molar-refractivity contribution in [1.29, 1.82) is 0 Å². The summed E-state index contributed by atoms with van der Waals surface area (Å²) in [7, 11) is 1.53. The summed E-state index contributed by atoms with van der Waals surface area (Å²) in [5.41, 5.74) is 7.06. The fraction of sp³-hybridized carbons (Fsp3) is 0.286. The predicted octanol–water partition coefficient (Wildman–Crippen LogP) is 2.40. The number of aromatic nitrogens is 1. The van der Waals surface area contributed by atoms with Crippen LogP contribution in [0.1, 0.15) is 5.56 Å². The first-order valence-electron chi connectivity index (χ1n) is 3.23. The summed E-state index contributed by atoms with van der Waals surface area (Å²) in [6.07, 6.45) is 0. The van der Waals surface area contributed by atoms with Gasteiger partial charge in [-0.2, -0.15) is 0 Å². The lowest BCUT2D eigenvalue weighted by Gasteiger charge is -2.08. The lowest BCUT2D eigenvalue weighted by Crippen LogP contribution is -1.98. The standard InChI is InChI=1S/C7H8BrClN2O/c1-3-5(10)4(8)6(9)11-7(3)12-2/h1-2H3,(H2,10,11). The monoisotopic (exact) mass is 250 g/mol. The van der Waals surface area contributed by atoms with E-state index in [1.54, 1.807) is 0 Å². The Morgan fingerprint density at radius 2 is 2.17 bits per heavy atom. The molecule has 0 saturated carbocycles. The van der Waals surface area contributed by atoms with E-state index in [0.29, 0.717) is 21.2 Å². The van der Waals surface area contributed by atoms with Crippen LogP contribution in [-0.4, -0.2) is 12.1 Å². The quantitative estimate of drug-likeness (QED) is 0.780. The second kappa shape index (κ2) is 3.49. The van der Waals surface area contributed by atoms with E-state index in [9.17, 15) is 0 Å². The van der Waals surface area contributed by atoms with Gasteiger partial charge in [-0.05, 0) is 22.9 Å². The highest BCUT2D eigenvalue weighted by Crippen LogP contribution is 2.33. The maximum atomic E-state index is 5.75. The molecular weight excluding hydrogens is 243 g/mol. The Hall–Kier alpha value is -0.480. The van der Waals surface area contributed by atoms with E-state index in [4.69, 9.17) is 22.1 Å². The number of pyridine rings is 1.